The fourth-order valence-electron chi connectivity index (χ4n) is 3.27. The first-order chi connectivity index (χ1) is 13.3. The zero-order valence-corrected chi connectivity index (χ0v) is 16.7. The maximum Gasteiger partial charge on any atom is 0.262 e. The smallest absolute Gasteiger partial charge is 0.262 e. The lowest BCUT2D eigenvalue weighted by Gasteiger charge is -2.26. The Morgan fingerprint density at radius 2 is 1.61 bits per heavy atom. The third kappa shape index (κ3) is 3.73. The van der Waals surface area contributed by atoms with E-state index >= 15 is 0 Å². The maximum absolute atomic E-state index is 12.9. The molecule has 1 aliphatic rings. The van der Waals surface area contributed by atoms with Crippen LogP contribution in [0.4, 0.5) is 0 Å². The van der Waals surface area contributed by atoms with Crippen LogP contribution in [0.3, 0.4) is 0 Å². The van der Waals surface area contributed by atoms with E-state index in [1.54, 1.807) is 42.5 Å². The summed E-state index contributed by atoms with van der Waals surface area (Å²) in [5, 5.41) is 0. The zero-order chi connectivity index (χ0) is 20.5. The molecule has 1 heterocycles. The molecule has 0 saturated carbocycles. The average molecular weight is 403 g/mol. The first-order valence-corrected chi connectivity index (χ1v) is 10.8. The van der Waals surface area contributed by atoms with E-state index in [0.29, 0.717) is 23.7 Å². The van der Waals surface area contributed by atoms with Gasteiger partial charge in [-0.1, -0.05) is 18.2 Å². The van der Waals surface area contributed by atoms with Crippen molar-refractivity contribution in [1.82, 2.24) is 4.90 Å². The second kappa shape index (κ2) is 7.63. The molecule has 1 atom stereocenters. The van der Waals surface area contributed by atoms with Gasteiger partial charge in [-0.15, -0.1) is 0 Å². The van der Waals surface area contributed by atoms with Crippen LogP contribution < -0.4 is 9.47 Å². The first kappa shape index (κ1) is 19.9. The Balaban J connectivity index is 2.10. The SMILES string of the molecule is CCOc1cc([C@H](CS(C)(=O)=O)N2C(=O)c3ccccc3C2=O)ccc1OC. The summed E-state index contributed by atoms with van der Waals surface area (Å²) in [7, 11) is -2.01. The molecule has 0 aromatic heterocycles. The fourth-order valence-corrected chi connectivity index (χ4v) is 4.18. The summed E-state index contributed by atoms with van der Waals surface area (Å²) >= 11 is 0. The van der Waals surface area contributed by atoms with Gasteiger partial charge >= 0.3 is 0 Å². The maximum atomic E-state index is 12.9. The molecule has 0 aliphatic carbocycles. The zero-order valence-electron chi connectivity index (χ0n) is 15.8. The van der Waals surface area contributed by atoms with Gasteiger partial charge in [0.15, 0.2) is 11.5 Å². The van der Waals surface area contributed by atoms with Crippen molar-refractivity contribution < 1.29 is 27.5 Å². The van der Waals surface area contributed by atoms with Gasteiger partial charge in [-0.3, -0.25) is 14.5 Å². The van der Waals surface area contributed by atoms with Crippen LogP contribution in [0.25, 0.3) is 0 Å². The van der Waals surface area contributed by atoms with Crippen LogP contribution in [0.2, 0.25) is 0 Å². The van der Waals surface area contributed by atoms with Crippen LogP contribution in [-0.2, 0) is 9.84 Å². The number of carbonyl (C=O) groups is 2. The molecule has 2 amide bonds. The molecule has 3 rings (SSSR count). The minimum Gasteiger partial charge on any atom is -0.493 e. The molecule has 7 nitrogen and oxygen atoms in total. The van der Waals surface area contributed by atoms with E-state index in [-0.39, 0.29) is 11.1 Å². The summed E-state index contributed by atoms with van der Waals surface area (Å²) < 4.78 is 35.0. The van der Waals surface area contributed by atoms with E-state index < -0.39 is 33.4 Å². The number of imide groups is 1. The van der Waals surface area contributed by atoms with Crippen LogP contribution in [0, 0.1) is 0 Å². The molecule has 0 radical (unpaired) electrons. The highest BCUT2D eigenvalue weighted by Crippen LogP contribution is 2.36. The van der Waals surface area contributed by atoms with Crippen molar-refractivity contribution in [1.29, 1.82) is 0 Å². The minimum atomic E-state index is -3.50. The standard InChI is InChI=1S/C20H21NO6S/c1-4-27-18-11-13(9-10-17(18)26-2)16(12-28(3,24)25)21-19(22)14-7-5-6-8-15(14)20(21)23/h5-11,16H,4,12H2,1-3H3/t16-/m0/s1. The van der Waals surface area contributed by atoms with Gasteiger partial charge in [0.25, 0.3) is 11.8 Å². The lowest BCUT2D eigenvalue weighted by molar-refractivity contribution is 0.0597. The molecule has 28 heavy (non-hydrogen) atoms. The highest BCUT2D eigenvalue weighted by Gasteiger charge is 2.41. The van der Waals surface area contributed by atoms with E-state index in [1.807, 2.05) is 6.92 Å². The van der Waals surface area contributed by atoms with Gasteiger partial charge in [0.05, 0.1) is 36.6 Å². The Kier molecular flexibility index (Phi) is 5.42. The number of nitrogens with zero attached hydrogens (tertiary/aromatic N) is 1. The van der Waals surface area contributed by atoms with Gasteiger partial charge in [-0.2, -0.15) is 0 Å². The van der Waals surface area contributed by atoms with Gasteiger partial charge in [0.2, 0.25) is 0 Å². The number of fused-ring (bicyclic) bond motifs is 1. The largest absolute Gasteiger partial charge is 0.493 e. The third-order valence-electron chi connectivity index (χ3n) is 4.47. The lowest BCUT2D eigenvalue weighted by Crippen LogP contribution is -2.37. The Labute approximate surface area is 163 Å². The fraction of sp³-hybridized carbons (Fsp3) is 0.300. The highest BCUT2D eigenvalue weighted by atomic mass is 32.2. The van der Waals surface area contributed by atoms with E-state index in [9.17, 15) is 18.0 Å². The van der Waals surface area contributed by atoms with Crippen LogP contribution in [0.5, 0.6) is 11.5 Å². The van der Waals surface area contributed by atoms with Gasteiger partial charge in [-0.25, -0.2) is 8.42 Å². The van der Waals surface area contributed by atoms with Crippen LogP contribution in [0.15, 0.2) is 42.5 Å². The Bertz CT molecular complexity index is 996. The van der Waals surface area contributed by atoms with Crippen molar-refractivity contribution in [3.8, 4) is 11.5 Å². The minimum absolute atomic E-state index is 0.268. The number of hydrogen-bond donors (Lipinski definition) is 0. The van der Waals surface area contributed by atoms with Crippen molar-refractivity contribution in [3.05, 3.63) is 59.2 Å². The molecule has 0 bridgehead atoms. The van der Waals surface area contributed by atoms with E-state index in [4.69, 9.17) is 9.47 Å². The van der Waals surface area contributed by atoms with Crippen LogP contribution in [-0.4, -0.2) is 50.9 Å². The van der Waals surface area contributed by atoms with Crippen molar-refractivity contribution in [2.75, 3.05) is 25.7 Å². The number of benzene rings is 2. The summed E-state index contributed by atoms with van der Waals surface area (Å²) in [6, 6.07) is 10.4. The van der Waals surface area contributed by atoms with Crippen LogP contribution in [0.1, 0.15) is 39.2 Å². The number of amides is 2. The molecule has 0 fully saturated rings. The lowest BCUT2D eigenvalue weighted by atomic mass is 10.1. The van der Waals surface area contributed by atoms with Crippen LogP contribution >= 0.6 is 0 Å². The molecule has 0 spiro atoms. The number of hydrogen-bond acceptors (Lipinski definition) is 6. The number of ether oxygens (including phenoxy) is 2. The number of sulfone groups is 1. The number of rotatable bonds is 7. The monoisotopic (exact) mass is 403 g/mol. The first-order valence-electron chi connectivity index (χ1n) is 8.72. The summed E-state index contributed by atoms with van der Waals surface area (Å²) in [5.41, 5.74) is 1.01. The summed E-state index contributed by atoms with van der Waals surface area (Å²) in [6.45, 7) is 2.19. The number of methoxy groups -OCH3 is 1. The molecule has 0 N–H and O–H groups in total. The molecule has 1 aliphatic heterocycles. The van der Waals surface area contributed by atoms with E-state index in [1.165, 1.54) is 7.11 Å². The molecule has 2 aromatic carbocycles. The van der Waals surface area contributed by atoms with Gasteiger partial charge in [-0.05, 0) is 36.8 Å². The highest BCUT2D eigenvalue weighted by molar-refractivity contribution is 7.90. The third-order valence-corrected chi connectivity index (χ3v) is 5.39. The molecule has 0 saturated heterocycles. The second-order valence-electron chi connectivity index (χ2n) is 6.48. The predicted octanol–water partition coefficient (Wildman–Crippen LogP) is 2.48. The Morgan fingerprint density at radius 3 is 2.11 bits per heavy atom. The van der Waals surface area contributed by atoms with Gasteiger partial charge in [0, 0.05) is 6.26 Å². The molecule has 0 unspecified atom stereocenters. The van der Waals surface area contributed by atoms with Crippen molar-refractivity contribution in [3.63, 3.8) is 0 Å². The normalized spacial score (nSPS) is 14.8. The number of carbonyl (C=O) groups excluding carboxylic acids is 2. The average Bonchev–Trinajstić information content (AvgIpc) is 2.90. The van der Waals surface area contributed by atoms with E-state index in [0.717, 1.165) is 11.2 Å². The summed E-state index contributed by atoms with van der Waals surface area (Å²) in [6.07, 6.45) is 1.07. The molecular formula is C20H21NO6S. The van der Waals surface area contributed by atoms with Gasteiger partial charge < -0.3 is 9.47 Å². The summed E-state index contributed by atoms with van der Waals surface area (Å²) in [5.74, 6) is -0.522. The quantitative estimate of drug-likeness (QED) is 0.660. The van der Waals surface area contributed by atoms with Crippen molar-refractivity contribution >= 4 is 21.7 Å². The Morgan fingerprint density at radius 1 is 1.00 bits per heavy atom. The van der Waals surface area contributed by atoms with E-state index in [2.05, 4.69) is 0 Å². The molecule has 8 heteroatoms. The Hall–Kier alpha value is -2.87. The van der Waals surface area contributed by atoms with Gasteiger partial charge in [0.1, 0.15) is 9.84 Å². The topological polar surface area (TPSA) is 90.0 Å². The molecule has 148 valence electrons. The summed E-state index contributed by atoms with van der Waals surface area (Å²) in [4.78, 5) is 26.8. The van der Waals surface area contributed by atoms with Crippen molar-refractivity contribution in [2.45, 2.75) is 13.0 Å². The molecular weight excluding hydrogens is 382 g/mol. The molecule has 2 aromatic rings. The second-order valence-corrected chi connectivity index (χ2v) is 8.66. The predicted molar refractivity (Wildman–Crippen MR) is 104 cm³/mol. The van der Waals surface area contributed by atoms with Crippen molar-refractivity contribution in [2.24, 2.45) is 0 Å².